The van der Waals surface area contributed by atoms with Gasteiger partial charge < -0.3 is 15.9 Å². The molecular formula is C5H9NO5S. The molecule has 0 saturated carbocycles. The molecule has 0 bridgehead atoms. The Balaban J connectivity index is 0. The lowest BCUT2D eigenvalue weighted by molar-refractivity contribution is -0.159. The van der Waals surface area contributed by atoms with Crippen molar-refractivity contribution in [3.8, 4) is 0 Å². The van der Waals surface area contributed by atoms with Crippen LogP contribution in [0.2, 0.25) is 0 Å². The average molecular weight is 195 g/mol. The molecule has 0 heterocycles. The molecule has 0 aliphatic heterocycles. The largest absolute Gasteiger partial charge is 0.473 e. The summed E-state index contributed by atoms with van der Waals surface area (Å²) in [4.78, 5) is 28.1. The minimum absolute atomic E-state index is 0.269. The molecule has 0 aliphatic rings. The van der Waals surface area contributed by atoms with Gasteiger partial charge in [-0.15, -0.1) is 12.6 Å². The predicted molar refractivity (Wildman–Crippen MR) is 42.9 cm³/mol. The minimum Gasteiger partial charge on any atom is -0.473 e. The van der Waals surface area contributed by atoms with E-state index in [1.165, 1.54) is 0 Å². The normalized spacial score (nSPS) is 10.6. The maximum absolute atomic E-state index is 9.88. The summed E-state index contributed by atoms with van der Waals surface area (Å²) in [5.74, 6) is -3.65. The number of rotatable bonds is 1. The van der Waals surface area contributed by atoms with Crippen molar-refractivity contribution in [2.75, 3.05) is 0 Å². The van der Waals surface area contributed by atoms with Gasteiger partial charge in [-0.2, -0.15) is 0 Å². The first kappa shape index (κ1) is 13.5. The zero-order valence-corrected chi connectivity index (χ0v) is 7.12. The van der Waals surface area contributed by atoms with Crippen molar-refractivity contribution < 1.29 is 24.6 Å². The summed E-state index contributed by atoms with van der Waals surface area (Å²) in [6.07, 6.45) is 0. The summed E-state index contributed by atoms with van der Waals surface area (Å²) in [5, 5.41) is 14.5. The number of carbonyl (C=O) groups excluding carboxylic acids is 1. The molecule has 0 aliphatic carbocycles. The molecule has 4 N–H and O–H groups in total. The predicted octanol–water partition coefficient (Wildman–Crippen LogP) is -1.05. The molecule has 6 nitrogen and oxygen atoms in total. The number of nitrogens with two attached hydrogens (primary N) is 1. The molecule has 70 valence electrons. The highest BCUT2D eigenvalue weighted by atomic mass is 32.1. The van der Waals surface area contributed by atoms with Crippen LogP contribution in [0.25, 0.3) is 0 Å². The van der Waals surface area contributed by atoms with E-state index < -0.39 is 18.0 Å². The fourth-order valence-corrected chi connectivity index (χ4v) is 0. The maximum Gasteiger partial charge on any atom is 0.414 e. The minimum atomic E-state index is -1.82. The number of hydrogen-bond donors (Lipinski definition) is 4. The fraction of sp³-hybridized carbons (Fsp3) is 0.400. The van der Waals surface area contributed by atoms with Gasteiger partial charge in [0.15, 0.2) is 0 Å². The Hall–Kier alpha value is -1.08. The highest BCUT2D eigenvalue weighted by Crippen LogP contribution is 1.80. The van der Waals surface area contributed by atoms with E-state index in [1.54, 1.807) is 6.92 Å². The molecule has 12 heavy (non-hydrogen) atoms. The van der Waals surface area contributed by atoms with Crippen LogP contribution in [0.1, 0.15) is 6.92 Å². The third-order valence-corrected chi connectivity index (χ3v) is 0.980. The first-order valence-electron chi connectivity index (χ1n) is 2.73. The molecular weight excluding hydrogens is 186 g/mol. The number of thiol groups is 1. The van der Waals surface area contributed by atoms with Crippen LogP contribution >= 0.6 is 12.6 Å². The molecule has 0 aromatic carbocycles. The fourth-order valence-electron chi connectivity index (χ4n) is 0. The van der Waals surface area contributed by atoms with Gasteiger partial charge in [0.2, 0.25) is 5.12 Å². The van der Waals surface area contributed by atoms with Gasteiger partial charge in [-0.25, -0.2) is 9.59 Å². The lowest BCUT2D eigenvalue weighted by Crippen LogP contribution is -2.21. The van der Waals surface area contributed by atoms with Crippen LogP contribution in [0.4, 0.5) is 0 Å². The average Bonchev–Trinajstić information content (AvgIpc) is 1.88. The van der Waals surface area contributed by atoms with E-state index in [4.69, 9.17) is 25.5 Å². The molecule has 0 aromatic heterocycles. The molecule has 0 amide bonds. The van der Waals surface area contributed by atoms with Crippen LogP contribution in [-0.2, 0) is 14.4 Å². The van der Waals surface area contributed by atoms with Gasteiger partial charge in [-0.3, -0.25) is 4.79 Å². The Morgan fingerprint density at radius 3 is 1.42 bits per heavy atom. The number of hydrogen-bond acceptors (Lipinski definition) is 4. The van der Waals surface area contributed by atoms with E-state index in [1.807, 2.05) is 0 Å². The smallest absolute Gasteiger partial charge is 0.414 e. The topological polar surface area (TPSA) is 118 Å². The van der Waals surface area contributed by atoms with Crippen molar-refractivity contribution in [3.05, 3.63) is 0 Å². The first-order valence-corrected chi connectivity index (χ1v) is 3.18. The molecule has 0 spiro atoms. The quantitative estimate of drug-likeness (QED) is 0.313. The number of carbonyl (C=O) groups is 3. The Morgan fingerprint density at radius 1 is 1.25 bits per heavy atom. The zero-order chi connectivity index (χ0) is 10.3. The molecule has 0 radical (unpaired) electrons. The number of aliphatic carboxylic acids is 2. The van der Waals surface area contributed by atoms with Crippen LogP contribution in [0.3, 0.4) is 0 Å². The van der Waals surface area contributed by atoms with Crippen molar-refractivity contribution in [2.24, 2.45) is 5.73 Å². The molecule has 0 rings (SSSR count). The Morgan fingerprint density at radius 2 is 1.42 bits per heavy atom. The molecule has 0 fully saturated rings. The van der Waals surface area contributed by atoms with Crippen LogP contribution in [-0.4, -0.2) is 33.3 Å². The van der Waals surface area contributed by atoms with Gasteiger partial charge in [0.25, 0.3) is 0 Å². The van der Waals surface area contributed by atoms with Crippen molar-refractivity contribution in [1.29, 1.82) is 0 Å². The molecule has 0 aromatic rings. The van der Waals surface area contributed by atoms with Crippen molar-refractivity contribution >= 4 is 29.7 Å². The Bertz CT molecular complexity index is 178. The van der Waals surface area contributed by atoms with E-state index in [9.17, 15) is 4.79 Å². The highest BCUT2D eigenvalue weighted by Gasteiger charge is 2.04. The van der Waals surface area contributed by atoms with E-state index in [-0.39, 0.29) is 5.12 Å². The summed E-state index contributed by atoms with van der Waals surface area (Å²) in [6.45, 7) is 1.59. The standard InChI is InChI=1S/C3H7NOS.C2H2O4/c1-2(4)3(5)6;3-1(4)2(5)6/h2H,4H2,1H3,(H,5,6);(H,3,4)(H,5,6)/t2-;/m1./s1. The van der Waals surface area contributed by atoms with Gasteiger partial charge in [0.05, 0.1) is 6.04 Å². The summed E-state index contributed by atoms with van der Waals surface area (Å²) in [7, 11) is 0. The lowest BCUT2D eigenvalue weighted by Gasteiger charge is -1.90. The van der Waals surface area contributed by atoms with E-state index in [0.29, 0.717) is 0 Å². The van der Waals surface area contributed by atoms with Crippen molar-refractivity contribution in [1.82, 2.24) is 0 Å². The second-order valence-corrected chi connectivity index (χ2v) is 2.18. The molecule has 0 unspecified atom stereocenters. The van der Waals surface area contributed by atoms with Gasteiger partial charge in [-0.1, -0.05) is 0 Å². The van der Waals surface area contributed by atoms with Crippen LogP contribution in [0.15, 0.2) is 0 Å². The van der Waals surface area contributed by atoms with Crippen LogP contribution in [0, 0.1) is 0 Å². The first-order chi connectivity index (χ1) is 5.29. The molecule has 7 heteroatoms. The lowest BCUT2D eigenvalue weighted by atomic mass is 10.4. The summed E-state index contributed by atoms with van der Waals surface area (Å²) in [6, 6.07) is -0.423. The third-order valence-electron chi connectivity index (χ3n) is 0.572. The van der Waals surface area contributed by atoms with E-state index in [0.717, 1.165) is 0 Å². The molecule has 1 atom stereocenters. The van der Waals surface area contributed by atoms with Gasteiger partial charge in [0.1, 0.15) is 0 Å². The monoisotopic (exact) mass is 195 g/mol. The zero-order valence-electron chi connectivity index (χ0n) is 6.22. The number of carboxylic acids is 2. The Kier molecular flexibility index (Phi) is 7.45. The number of carboxylic acid groups (broad SMARTS) is 2. The van der Waals surface area contributed by atoms with Gasteiger partial charge in [-0.05, 0) is 6.92 Å². The maximum atomic E-state index is 9.88. The third kappa shape index (κ3) is 11.7. The second-order valence-electron chi connectivity index (χ2n) is 1.74. The Labute approximate surface area is 73.8 Å². The van der Waals surface area contributed by atoms with Crippen molar-refractivity contribution in [3.63, 3.8) is 0 Å². The summed E-state index contributed by atoms with van der Waals surface area (Å²) >= 11 is 3.43. The molecule has 0 saturated heterocycles. The van der Waals surface area contributed by atoms with Gasteiger partial charge >= 0.3 is 11.9 Å². The van der Waals surface area contributed by atoms with Crippen LogP contribution in [0.5, 0.6) is 0 Å². The van der Waals surface area contributed by atoms with E-state index in [2.05, 4.69) is 12.6 Å². The summed E-state index contributed by atoms with van der Waals surface area (Å²) < 4.78 is 0. The van der Waals surface area contributed by atoms with Crippen LogP contribution < -0.4 is 5.73 Å². The van der Waals surface area contributed by atoms with Gasteiger partial charge in [0, 0.05) is 0 Å². The summed E-state index contributed by atoms with van der Waals surface area (Å²) in [5.41, 5.74) is 5.01. The van der Waals surface area contributed by atoms with E-state index >= 15 is 0 Å². The van der Waals surface area contributed by atoms with Crippen molar-refractivity contribution in [2.45, 2.75) is 13.0 Å². The highest BCUT2D eigenvalue weighted by molar-refractivity contribution is 7.96. The second kappa shape index (κ2) is 6.62. The SMILES string of the molecule is C[C@@H](N)C(=O)S.O=C(O)C(=O)O.